The Morgan fingerprint density at radius 1 is 1.37 bits per heavy atom. The van der Waals surface area contributed by atoms with Crippen LogP contribution >= 0.6 is 15.9 Å². The maximum atomic E-state index is 10.9. The average molecular weight is 324 g/mol. The first-order valence-corrected chi connectivity index (χ1v) is 6.73. The van der Waals surface area contributed by atoms with Gasteiger partial charge in [-0.3, -0.25) is 0 Å². The number of furan rings is 1. The number of halogens is 1. The highest BCUT2D eigenvalue weighted by molar-refractivity contribution is 9.10. The first-order valence-electron chi connectivity index (χ1n) is 5.93. The van der Waals surface area contributed by atoms with Gasteiger partial charge in [-0.1, -0.05) is 22.9 Å². The Kier molecular flexibility index (Phi) is 4.27. The van der Waals surface area contributed by atoms with Crippen molar-refractivity contribution < 1.29 is 14.3 Å². The number of carboxylic acids is 1. The minimum atomic E-state index is -1.05. The lowest BCUT2D eigenvalue weighted by Crippen LogP contribution is -2.06. The Bertz CT molecular complexity index is 592. The minimum Gasteiger partial charge on any atom is -0.475 e. The zero-order chi connectivity index (χ0) is 13.8. The summed E-state index contributed by atoms with van der Waals surface area (Å²) in [7, 11) is 0. The van der Waals surface area contributed by atoms with Crippen molar-refractivity contribution in [3.8, 4) is 0 Å². The van der Waals surface area contributed by atoms with Gasteiger partial charge in [-0.05, 0) is 36.2 Å². The van der Waals surface area contributed by atoms with Gasteiger partial charge < -0.3 is 14.8 Å². The van der Waals surface area contributed by atoms with Gasteiger partial charge >= 0.3 is 5.97 Å². The van der Waals surface area contributed by atoms with E-state index in [2.05, 4.69) is 34.2 Å². The van der Waals surface area contributed by atoms with E-state index in [0.29, 0.717) is 12.1 Å². The highest BCUT2D eigenvalue weighted by atomic mass is 79.9. The number of nitrogens with one attached hydrogen (secondary N) is 1. The van der Waals surface area contributed by atoms with Gasteiger partial charge in [0.05, 0.1) is 6.26 Å². The molecular weight excluding hydrogens is 310 g/mol. The normalized spacial score (nSPS) is 10.4. The number of anilines is 1. The summed E-state index contributed by atoms with van der Waals surface area (Å²) >= 11 is 3.44. The molecule has 0 fully saturated rings. The molecule has 2 rings (SSSR count). The molecule has 1 heterocycles. The largest absolute Gasteiger partial charge is 0.475 e. The molecule has 5 heteroatoms. The summed E-state index contributed by atoms with van der Waals surface area (Å²) in [6.45, 7) is 2.50. The molecule has 0 aliphatic rings. The molecule has 0 bridgehead atoms. The van der Waals surface area contributed by atoms with Crippen LogP contribution in [0.15, 0.2) is 39.4 Å². The zero-order valence-corrected chi connectivity index (χ0v) is 12.0. The van der Waals surface area contributed by atoms with Crippen molar-refractivity contribution in [1.29, 1.82) is 0 Å². The van der Waals surface area contributed by atoms with Crippen LogP contribution in [0.25, 0.3) is 0 Å². The summed E-state index contributed by atoms with van der Waals surface area (Å²) in [5.41, 5.74) is 2.82. The molecule has 4 nitrogen and oxygen atoms in total. The Morgan fingerprint density at radius 3 is 2.84 bits per heavy atom. The molecule has 0 saturated carbocycles. The molecule has 19 heavy (non-hydrogen) atoms. The molecule has 2 aromatic rings. The van der Waals surface area contributed by atoms with E-state index < -0.39 is 5.97 Å². The van der Waals surface area contributed by atoms with Crippen molar-refractivity contribution in [2.75, 3.05) is 5.32 Å². The monoisotopic (exact) mass is 323 g/mol. The van der Waals surface area contributed by atoms with E-state index in [1.165, 1.54) is 11.8 Å². The number of aryl methyl sites for hydroxylation is 1. The second-order valence-corrected chi connectivity index (χ2v) is 5.00. The van der Waals surface area contributed by atoms with Crippen molar-refractivity contribution in [2.45, 2.75) is 19.9 Å². The van der Waals surface area contributed by atoms with E-state index >= 15 is 0 Å². The third-order valence-electron chi connectivity index (χ3n) is 2.86. The lowest BCUT2D eigenvalue weighted by molar-refractivity contribution is 0.0661. The van der Waals surface area contributed by atoms with Gasteiger partial charge in [-0.15, -0.1) is 0 Å². The lowest BCUT2D eigenvalue weighted by Gasteiger charge is -2.11. The summed E-state index contributed by atoms with van der Waals surface area (Å²) in [6.07, 6.45) is 2.29. The summed E-state index contributed by atoms with van der Waals surface area (Å²) < 4.78 is 5.98. The van der Waals surface area contributed by atoms with Gasteiger partial charge in [-0.25, -0.2) is 4.79 Å². The Morgan fingerprint density at radius 2 is 2.16 bits per heavy atom. The van der Waals surface area contributed by atoms with Crippen LogP contribution in [0, 0.1) is 0 Å². The van der Waals surface area contributed by atoms with Crippen LogP contribution in [0.1, 0.15) is 28.6 Å². The smallest absolute Gasteiger partial charge is 0.372 e. The molecule has 0 aliphatic heterocycles. The second-order valence-electron chi connectivity index (χ2n) is 4.09. The summed E-state index contributed by atoms with van der Waals surface area (Å²) in [6, 6.07) is 7.65. The van der Waals surface area contributed by atoms with E-state index in [1.54, 1.807) is 6.07 Å². The standard InChI is InChI=1S/C14H14BrNO3/c1-2-9-7-11(15)3-4-12(9)16-8-10-5-6-19-13(10)14(17)18/h3-7,16H,2,8H2,1H3,(H,17,18). The van der Waals surface area contributed by atoms with Crippen molar-refractivity contribution >= 4 is 27.6 Å². The minimum absolute atomic E-state index is 0.0114. The Hall–Kier alpha value is -1.75. The van der Waals surface area contributed by atoms with Crippen LogP contribution in [-0.2, 0) is 13.0 Å². The quantitative estimate of drug-likeness (QED) is 0.875. The van der Waals surface area contributed by atoms with E-state index in [1.807, 2.05) is 12.1 Å². The highest BCUT2D eigenvalue weighted by Gasteiger charge is 2.13. The Balaban J connectivity index is 2.14. The third kappa shape index (κ3) is 3.17. The fourth-order valence-corrected chi connectivity index (χ4v) is 2.29. The molecule has 0 unspecified atom stereocenters. The number of hydrogen-bond acceptors (Lipinski definition) is 3. The van der Waals surface area contributed by atoms with Gasteiger partial charge in [0.25, 0.3) is 0 Å². The van der Waals surface area contributed by atoms with Gasteiger partial charge in [-0.2, -0.15) is 0 Å². The van der Waals surface area contributed by atoms with Crippen LogP contribution in [0.2, 0.25) is 0 Å². The number of hydrogen-bond donors (Lipinski definition) is 2. The molecule has 100 valence electrons. The van der Waals surface area contributed by atoms with Crippen LogP contribution in [0.4, 0.5) is 5.69 Å². The number of rotatable bonds is 5. The SMILES string of the molecule is CCc1cc(Br)ccc1NCc1ccoc1C(=O)O. The van der Waals surface area contributed by atoms with E-state index in [9.17, 15) is 4.79 Å². The molecule has 0 aliphatic carbocycles. The van der Waals surface area contributed by atoms with Crippen LogP contribution in [-0.4, -0.2) is 11.1 Å². The van der Waals surface area contributed by atoms with Gasteiger partial charge in [0.15, 0.2) is 0 Å². The molecule has 1 aromatic carbocycles. The fourth-order valence-electron chi connectivity index (χ4n) is 1.88. The summed E-state index contributed by atoms with van der Waals surface area (Å²) in [5.74, 6) is -1.06. The van der Waals surface area contributed by atoms with Gasteiger partial charge in [0, 0.05) is 22.3 Å². The second kappa shape index (κ2) is 5.93. The first-order chi connectivity index (χ1) is 9.11. The number of carboxylic acid groups (broad SMARTS) is 1. The topological polar surface area (TPSA) is 62.5 Å². The van der Waals surface area contributed by atoms with Crippen molar-refractivity contribution in [3.05, 3.63) is 51.9 Å². The number of benzene rings is 1. The number of aromatic carboxylic acids is 1. The van der Waals surface area contributed by atoms with Crippen molar-refractivity contribution in [1.82, 2.24) is 0 Å². The molecule has 0 amide bonds. The average Bonchev–Trinajstić information content (AvgIpc) is 2.85. The molecule has 0 saturated heterocycles. The molecule has 0 spiro atoms. The molecule has 0 radical (unpaired) electrons. The maximum absolute atomic E-state index is 10.9. The van der Waals surface area contributed by atoms with Crippen molar-refractivity contribution in [2.24, 2.45) is 0 Å². The highest BCUT2D eigenvalue weighted by Crippen LogP contribution is 2.22. The van der Waals surface area contributed by atoms with Crippen LogP contribution < -0.4 is 5.32 Å². The van der Waals surface area contributed by atoms with Crippen LogP contribution in [0.5, 0.6) is 0 Å². The van der Waals surface area contributed by atoms with E-state index in [0.717, 1.165) is 16.6 Å². The van der Waals surface area contributed by atoms with E-state index in [4.69, 9.17) is 9.52 Å². The number of carbonyl (C=O) groups is 1. The summed E-state index contributed by atoms with van der Waals surface area (Å²) in [5, 5.41) is 12.2. The summed E-state index contributed by atoms with van der Waals surface area (Å²) in [4.78, 5) is 10.9. The molecular formula is C14H14BrNO3. The van der Waals surface area contributed by atoms with Crippen molar-refractivity contribution in [3.63, 3.8) is 0 Å². The van der Waals surface area contributed by atoms with E-state index in [-0.39, 0.29) is 5.76 Å². The molecule has 1 aromatic heterocycles. The van der Waals surface area contributed by atoms with Crippen LogP contribution in [0.3, 0.4) is 0 Å². The first kappa shape index (κ1) is 13.7. The Labute approximate surface area is 119 Å². The van der Waals surface area contributed by atoms with Gasteiger partial charge in [0.1, 0.15) is 0 Å². The maximum Gasteiger partial charge on any atom is 0.372 e. The zero-order valence-electron chi connectivity index (χ0n) is 10.4. The van der Waals surface area contributed by atoms with Gasteiger partial charge in [0.2, 0.25) is 5.76 Å². The fraction of sp³-hybridized carbons (Fsp3) is 0.214. The molecule has 2 N–H and O–H groups in total. The predicted molar refractivity (Wildman–Crippen MR) is 76.5 cm³/mol. The molecule has 0 atom stereocenters. The third-order valence-corrected chi connectivity index (χ3v) is 3.35. The lowest BCUT2D eigenvalue weighted by atomic mass is 10.1. The predicted octanol–water partition coefficient (Wildman–Crippen LogP) is 3.91.